The van der Waals surface area contributed by atoms with Crippen LogP contribution in [-0.4, -0.2) is 19.7 Å². The lowest BCUT2D eigenvalue weighted by Crippen LogP contribution is -2.21. The number of rotatable bonds is 8. The van der Waals surface area contributed by atoms with Crippen molar-refractivity contribution in [2.45, 2.75) is 26.9 Å². The highest BCUT2D eigenvalue weighted by Crippen LogP contribution is 2.10. The lowest BCUT2D eigenvalue weighted by molar-refractivity contribution is 0.122. The summed E-state index contributed by atoms with van der Waals surface area (Å²) in [4.78, 5) is 0. The summed E-state index contributed by atoms with van der Waals surface area (Å²) in [7, 11) is 0. The molecule has 0 aliphatic carbocycles. The summed E-state index contributed by atoms with van der Waals surface area (Å²) in [5.74, 6) is 0.770. The van der Waals surface area contributed by atoms with Crippen LogP contribution in [0.3, 0.4) is 0 Å². The first kappa shape index (κ1) is 14.7. The zero-order valence-corrected chi connectivity index (χ0v) is 12.3. The first-order valence-electron chi connectivity index (χ1n) is 6.21. The third-order valence-corrected chi connectivity index (χ3v) is 3.03. The highest BCUT2D eigenvalue weighted by atomic mass is 79.9. The van der Waals surface area contributed by atoms with E-state index in [-0.39, 0.29) is 0 Å². The van der Waals surface area contributed by atoms with Gasteiger partial charge >= 0.3 is 0 Å². The molecule has 1 aromatic carbocycles. The van der Waals surface area contributed by atoms with Crippen LogP contribution in [0.15, 0.2) is 28.7 Å². The maximum atomic E-state index is 5.59. The van der Waals surface area contributed by atoms with Gasteiger partial charge in [0.15, 0.2) is 0 Å². The van der Waals surface area contributed by atoms with Gasteiger partial charge in [0.05, 0.1) is 13.2 Å². The van der Waals surface area contributed by atoms with Gasteiger partial charge in [0, 0.05) is 11.0 Å². The topological polar surface area (TPSA) is 21.3 Å². The van der Waals surface area contributed by atoms with Crippen LogP contribution in [0.1, 0.15) is 25.8 Å². The van der Waals surface area contributed by atoms with Crippen LogP contribution in [0.5, 0.6) is 0 Å². The van der Waals surface area contributed by atoms with E-state index in [1.165, 1.54) is 12.0 Å². The second-order valence-corrected chi connectivity index (χ2v) is 5.53. The maximum Gasteiger partial charge on any atom is 0.0717 e. The van der Waals surface area contributed by atoms with Crippen molar-refractivity contribution < 1.29 is 4.74 Å². The van der Waals surface area contributed by atoms with Gasteiger partial charge in [-0.1, -0.05) is 41.9 Å². The molecule has 0 amide bonds. The Labute approximate surface area is 113 Å². The van der Waals surface area contributed by atoms with Crippen molar-refractivity contribution in [1.82, 2.24) is 5.32 Å². The fourth-order valence-electron chi connectivity index (χ4n) is 1.43. The van der Waals surface area contributed by atoms with Crippen LogP contribution in [0.4, 0.5) is 0 Å². The highest BCUT2D eigenvalue weighted by Gasteiger charge is 1.95. The average molecular weight is 300 g/mol. The van der Waals surface area contributed by atoms with E-state index < -0.39 is 0 Å². The Balaban J connectivity index is 1.99. The van der Waals surface area contributed by atoms with Crippen LogP contribution in [0.25, 0.3) is 0 Å². The molecule has 1 N–H and O–H groups in total. The van der Waals surface area contributed by atoms with E-state index in [2.05, 4.69) is 47.2 Å². The minimum atomic E-state index is 0.694. The smallest absolute Gasteiger partial charge is 0.0717 e. The van der Waals surface area contributed by atoms with Gasteiger partial charge < -0.3 is 10.1 Å². The van der Waals surface area contributed by atoms with Crippen molar-refractivity contribution in [3.05, 3.63) is 34.3 Å². The second kappa shape index (κ2) is 8.67. The summed E-state index contributed by atoms with van der Waals surface area (Å²) < 4.78 is 6.70. The van der Waals surface area contributed by atoms with Crippen LogP contribution < -0.4 is 5.32 Å². The number of hydrogen-bond donors (Lipinski definition) is 1. The average Bonchev–Trinajstić information content (AvgIpc) is 2.30. The van der Waals surface area contributed by atoms with Gasteiger partial charge in [0.1, 0.15) is 0 Å². The molecule has 0 aliphatic rings. The summed E-state index contributed by atoms with van der Waals surface area (Å²) in [6, 6.07) is 8.24. The van der Waals surface area contributed by atoms with E-state index in [0.29, 0.717) is 6.61 Å². The molecule has 0 radical (unpaired) electrons. The molecule has 0 heterocycles. The molecule has 0 aliphatic heterocycles. The summed E-state index contributed by atoms with van der Waals surface area (Å²) in [6.07, 6.45) is 1.23. The van der Waals surface area contributed by atoms with Crippen LogP contribution >= 0.6 is 15.9 Å². The molecule has 0 fully saturated rings. The number of halogens is 1. The Morgan fingerprint density at radius 2 is 1.88 bits per heavy atom. The molecule has 2 nitrogen and oxygen atoms in total. The molecule has 0 aromatic heterocycles. The molecular weight excluding hydrogens is 278 g/mol. The molecule has 3 heteroatoms. The minimum absolute atomic E-state index is 0.694. The van der Waals surface area contributed by atoms with E-state index in [0.717, 1.165) is 30.1 Å². The van der Waals surface area contributed by atoms with E-state index in [1.54, 1.807) is 0 Å². The van der Waals surface area contributed by atoms with Gasteiger partial charge in [0.2, 0.25) is 0 Å². The van der Waals surface area contributed by atoms with Crippen LogP contribution in [-0.2, 0) is 11.3 Å². The number of ether oxygens (including phenoxy) is 1. The molecule has 0 saturated carbocycles. The third kappa shape index (κ3) is 7.53. The fraction of sp³-hybridized carbons (Fsp3) is 0.571. The Hall–Kier alpha value is -0.380. The lowest BCUT2D eigenvalue weighted by Gasteiger charge is -2.07. The van der Waals surface area contributed by atoms with Gasteiger partial charge in [0.25, 0.3) is 0 Å². The molecular formula is C14H22BrNO. The predicted molar refractivity (Wildman–Crippen MR) is 76.1 cm³/mol. The van der Waals surface area contributed by atoms with Crippen molar-refractivity contribution in [3.8, 4) is 0 Å². The Kier molecular flexibility index (Phi) is 7.49. The Morgan fingerprint density at radius 1 is 1.18 bits per heavy atom. The molecule has 96 valence electrons. The number of hydrogen-bond acceptors (Lipinski definition) is 2. The molecule has 0 atom stereocenters. The molecule has 17 heavy (non-hydrogen) atoms. The normalized spacial score (nSPS) is 11.1. The second-order valence-electron chi connectivity index (χ2n) is 4.61. The van der Waals surface area contributed by atoms with Crippen molar-refractivity contribution in [3.63, 3.8) is 0 Å². The molecule has 1 aromatic rings. The molecule has 0 unspecified atom stereocenters. The lowest BCUT2D eigenvalue weighted by atomic mass is 10.1. The maximum absolute atomic E-state index is 5.59. The van der Waals surface area contributed by atoms with Crippen molar-refractivity contribution in [1.29, 1.82) is 0 Å². The van der Waals surface area contributed by atoms with Gasteiger partial charge in [-0.25, -0.2) is 0 Å². The van der Waals surface area contributed by atoms with Crippen molar-refractivity contribution in [2.24, 2.45) is 5.92 Å². The number of benzene rings is 1. The standard InChI is InChI=1S/C14H22BrNO/c1-12(2)7-8-16-9-10-17-11-13-3-5-14(15)6-4-13/h3-6,12,16H,7-11H2,1-2H3. The van der Waals surface area contributed by atoms with Gasteiger partial charge in [-0.15, -0.1) is 0 Å². The van der Waals surface area contributed by atoms with Crippen LogP contribution in [0, 0.1) is 5.92 Å². The SMILES string of the molecule is CC(C)CCNCCOCc1ccc(Br)cc1. The van der Waals surface area contributed by atoms with Gasteiger partial charge in [-0.2, -0.15) is 0 Å². The van der Waals surface area contributed by atoms with E-state index >= 15 is 0 Å². The minimum Gasteiger partial charge on any atom is -0.375 e. The molecule has 0 saturated heterocycles. The largest absolute Gasteiger partial charge is 0.375 e. The first-order valence-corrected chi connectivity index (χ1v) is 7.00. The molecule has 0 spiro atoms. The number of nitrogens with one attached hydrogen (secondary N) is 1. The zero-order valence-electron chi connectivity index (χ0n) is 10.7. The Morgan fingerprint density at radius 3 is 2.53 bits per heavy atom. The predicted octanol–water partition coefficient (Wildman–Crippen LogP) is 3.60. The van der Waals surface area contributed by atoms with E-state index in [9.17, 15) is 0 Å². The summed E-state index contributed by atoms with van der Waals surface area (Å²) in [5.41, 5.74) is 1.22. The van der Waals surface area contributed by atoms with Crippen molar-refractivity contribution >= 4 is 15.9 Å². The molecule has 0 bridgehead atoms. The first-order chi connectivity index (χ1) is 8.18. The summed E-state index contributed by atoms with van der Waals surface area (Å²) >= 11 is 3.42. The summed E-state index contributed by atoms with van der Waals surface area (Å²) in [5, 5.41) is 3.38. The Bertz CT molecular complexity index is 298. The van der Waals surface area contributed by atoms with Gasteiger partial charge in [-0.05, 0) is 36.6 Å². The van der Waals surface area contributed by atoms with E-state index in [4.69, 9.17) is 4.74 Å². The monoisotopic (exact) mass is 299 g/mol. The zero-order chi connectivity index (χ0) is 12.5. The third-order valence-electron chi connectivity index (χ3n) is 2.50. The quantitative estimate of drug-likeness (QED) is 0.741. The molecule has 1 rings (SSSR count). The van der Waals surface area contributed by atoms with Crippen molar-refractivity contribution in [2.75, 3.05) is 19.7 Å². The summed E-state index contributed by atoms with van der Waals surface area (Å²) in [6.45, 7) is 7.97. The van der Waals surface area contributed by atoms with Crippen LogP contribution in [0.2, 0.25) is 0 Å². The van der Waals surface area contributed by atoms with Gasteiger partial charge in [-0.3, -0.25) is 0 Å². The fourth-order valence-corrected chi connectivity index (χ4v) is 1.70. The highest BCUT2D eigenvalue weighted by molar-refractivity contribution is 9.10. The van der Waals surface area contributed by atoms with E-state index in [1.807, 2.05) is 12.1 Å².